The van der Waals surface area contributed by atoms with Gasteiger partial charge < -0.3 is 4.74 Å². The zero-order valence-corrected chi connectivity index (χ0v) is 7.08. The lowest BCUT2D eigenvalue weighted by Crippen LogP contribution is -2.16. The van der Waals surface area contributed by atoms with Crippen molar-refractivity contribution in [1.29, 1.82) is 0 Å². The van der Waals surface area contributed by atoms with Crippen LogP contribution in [0.1, 0.15) is 19.8 Å². The van der Waals surface area contributed by atoms with E-state index in [2.05, 4.69) is 11.3 Å². The van der Waals surface area contributed by atoms with Crippen LogP contribution < -0.4 is 0 Å². The number of hydrogen-bond acceptors (Lipinski definition) is 3. The van der Waals surface area contributed by atoms with Crippen molar-refractivity contribution >= 4 is 11.9 Å². The predicted octanol–water partition coefficient (Wildman–Crippen LogP) is 1.29. The van der Waals surface area contributed by atoms with Crippen molar-refractivity contribution in [2.45, 2.75) is 19.8 Å². The molecule has 2 unspecified atom stereocenters. The summed E-state index contributed by atoms with van der Waals surface area (Å²) in [5, 5.41) is 0. The molecule has 1 rings (SSSR count). The van der Waals surface area contributed by atoms with Gasteiger partial charge in [0.1, 0.15) is 0 Å². The molecule has 2 atom stereocenters. The molecule has 1 aliphatic heterocycles. The zero-order valence-electron chi connectivity index (χ0n) is 7.08. The zero-order chi connectivity index (χ0) is 9.14. The highest BCUT2D eigenvalue weighted by Gasteiger charge is 2.41. The summed E-state index contributed by atoms with van der Waals surface area (Å²) >= 11 is 0. The van der Waals surface area contributed by atoms with Crippen LogP contribution >= 0.6 is 0 Å². The van der Waals surface area contributed by atoms with Crippen LogP contribution in [-0.2, 0) is 14.3 Å². The van der Waals surface area contributed by atoms with Crippen molar-refractivity contribution in [2.24, 2.45) is 11.8 Å². The van der Waals surface area contributed by atoms with Crippen LogP contribution in [0.5, 0.6) is 0 Å². The van der Waals surface area contributed by atoms with Gasteiger partial charge in [-0.2, -0.15) is 0 Å². The van der Waals surface area contributed by atoms with Gasteiger partial charge in [0.25, 0.3) is 0 Å². The standard InChI is InChI=1S/C9H12O3/c1-3-5-7-6(4-2)8(10)12-9(7)11/h3,6-7H,1,4-5H2,2H3. The molecule has 0 aromatic rings. The Morgan fingerprint density at radius 2 is 2.00 bits per heavy atom. The second-order valence-electron chi connectivity index (χ2n) is 2.89. The Kier molecular flexibility index (Phi) is 2.63. The molecule has 0 aromatic heterocycles. The van der Waals surface area contributed by atoms with Crippen molar-refractivity contribution in [3.63, 3.8) is 0 Å². The quantitative estimate of drug-likeness (QED) is 0.362. The highest BCUT2D eigenvalue weighted by atomic mass is 16.6. The Hall–Kier alpha value is -1.12. The van der Waals surface area contributed by atoms with Gasteiger partial charge in [-0.05, 0) is 12.8 Å². The lowest BCUT2D eigenvalue weighted by Gasteiger charge is -2.07. The smallest absolute Gasteiger partial charge is 0.317 e. The topological polar surface area (TPSA) is 43.4 Å². The molecule has 0 N–H and O–H groups in total. The van der Waals surface area contributed by atoms with Gasteiger partial charge in [0.15, 0.2) is 0 Å². The minimum absolute atomic E-state index is 0.254. The maximum Gasteiger partial charge on any atom is 0.317 e. The molecule has 0 aromatic carbocycles. The minimum Gasteiger partial charge on any atom is -0.393 e. The molecule has 1 fully saturated rings. The van der Waals surface area contributed by atoms with E-state index in [0.717, 1.165) is 0 Å². The second-order valence-corrected chi connectivity index (χ2v) is 2.89. The van der Waals surface area contributed by atoms with Crippen LogP contribution in [0.15, 0.2) is 12.7 Å². The summed E-state index contributed by atoms with van der Waals surface area (Å²) in [7, 11) is 0. The van der Waals surface area contributed by atoms with Gasteiger partial charge in [-0.3, -0.25) is 9.59 Å². The summed E-state index contributed by atoms with van der Waals surface area (Å²) in [5.41, 5.74) is 0. The molecule has 1 heterocycles. The molecule has 0 aliphatic carbocycles. The normalized spacial score (nSPS) is 28.8. The Bertz CT molecular complexity index is 220. The molecule has 0 amide bonds. The molecule has 0 saturated carbocycles. The Balaban J connectivity index is 2.74. The SMILES string of the molecule is C=CCC1C(=O)OC(=O)C1CC. The number of carbonyl (C=O) groups is 2. The van der Waals surface area contributed by atoms with Gasteiger partial charge in [0.05, 0.1) is 11.8 Å². The van der Waals surface area contributed by atoms with E-state index in [1.165, 1.54) is 0 Å². The van der Waals surface area contributed by atoms with Crippen LogP contribution in [0.4, 0.5) is 0 Å². The monoisotopic (exact) mass is 168 g/mol. The van der Waals surface area contributed by atoms with Crippen LogP contribution in [-0.4, -0.2) is 11.9 Å². The summed E-state index contributed by atoms with van der Waals surface area (Å²) < 4.78 is 4.50. The molecule has 0 spiro atoms. The number of carbonyl (C=O) groups excluding carboxylic acids is 2. The van der Waals surface area contributed by atoms with Crippen LogP contribution in [0, 0.1) is 11.8 Å². The van der Waals surface area contributed by atoms with Crippen molar-refractivity contribution in [1.82, 2.24) is 0 Å². The third-order valence-corrected chi connectivity index (χ3v) is 2.15. The highest BCUT2D eigenvalue weighted by Crippen LogP contribution is 2.28. The molecule has 12 heavy (non-hydrogen) atoms. The third-order valence-electron chi connectivity index (χ3n) is 2.15. The molecular formula is C9H12O3. The molecular weight excluding hydrogens is 156 g/mol. The van der Waals surface area contributed by atoms with E-state index in [1.807, 2.05) is 6.92 Å². The first-order chi connectivity index (χ1) is 5.70. The van der Waals surface area contributed by atoms with Crippen LogP contribution in [0.2, 0.25) is 0 Å². The molecule has 0 radical (unpaired) electrons. The number of ether oxygens (including phenoxy) is 1. The van der Waals surface area contributed by atoms with Crippen LogP contribution in [0.25, 0.3) is 0 Å². The van der Waals surface area contributed by atoms with E-state index in [-0.39, 0.29) is 17.8 Å². The van der Waals surface area contributed by atoms with Crippen molar-refractivity contribution in [3.8, 4) is 0 Å². The van der Waals surface area contributed by atoms with E-state index in [4.69, 9.17) is 0 Å². The molecule has 3 nitrogen and oxygen atoms in total. The molecule has 66 valence electrons. The maximum absolute atomic E-state index is 11.1. The fraction of sp³-hybridized carbons (Fsp3) is 0.556. The number of esters is 2. The fourth-order valence-corrected chi connectivity index (χ4v) is 1.47. The third kappa shape index (κ3) is 1.40. The average molecular weight is 168 g/mol. The second kappa shape index (κ2) is 3.52. The average Bonchev–Trinajstić information content (AvgIpc) is 2.28. The van der Waals surface area contributed by atoms with Gasteiger partial charge in [0, 0.05) is 0 Å². The van der Waals surface area contributed by atoms with E-state index < -0.39 is 5.97 Å². The maximum atomic E-state index is 11.1. The van der Waals surface area contributed by atoms with Crippen molar-refractivity contribution in [2.75, 3.05) is 0 Å². The molecule has 1 aliphatic rings. The van der Waals surface area contributed by atoms with Crippen molar-refractivity contribution in [3.05, 3.63) is 12.7 Å². The lowest BCUT2D eigenvalue weighted by molar-refractivity contribution is -0.153. The number of allylic oxidation sites excluding steroid dienone is 1. The number of rotatable bonds is 3. The Morgan fingerprint density at radius 1 is 1.42 bits per heavy atom. The van der Waals surface area contributed by atoms with E-state index in [9.17, 15) is 9.59 Å². The van der Waals surface area contributed by atoms with Gasteiger partial charge in [-0.1, -0.05) is 13.0 Å². The van der Waals surface area contributed by atoms with E-state index in [0.29, 0.717) is 12.8 Å². The summed E-state index contributed by atoms with van der Waals surface area (Å²) in [5.74, 6) is -1.32. The summed E-state index contributed by atoms with van der Waals surface area (Å²) in [6.07, 6.45) is 2.83. The largest absolute Gasteiger partial charge is 0.393 e. The number of cyclic esters (lactones) is 2. The minimum atomic E-state index is -0.397. The summed E-state index contributed by atoms with van der Waals surface area (Å²) in [6.45, 7) is 5.41. The first-order valence-electron chi connectivity index (χ1n) is 4.07. The van der Waals surface area contributed by atoms with Crippen LogP contribution in [0.3, 0.4) is 0 Å². The lowest BCUT2D eigenvalue weighted by atomic mass is 9.90. The highest BCUT2D eigenvalue weighted by molar-refractivity contribution is 5.96. The van der Waals surface area contributed by atoms with Gasteiger partial charge in [-0.25, -0.2) is 0 Å². The van der Waals surface area contributed by atoms with E-state index in [1.54, 1.807) is 6.08 Å². The van der Waals surface area contributed by atoms with Crippen molar-refractivity contribution < 1.29 is 14.3 Å². The Morgan fingerprint density at radius 3 is 2.50 bits per heavy atom. The molecule has 3 heteroatoms. The fourth-order valence-electron chi connectivity index (χ4n) is 1.47. The first-order valence-corrected chi connectivity index (χ1v) is 4.07. The Labute approximate surface area is 71.4 Å². The molecule has 1 saturated heterocycles. The van der Waals surface area contributed by atoms with E-state index >= 15 is 0 Å². The molecule has 0 bridgehead atoms. The number of hydrogen-bond donors (Lipinski definition) is 0. The predicted molar refractivity (Wildman–Crippen MR) is 43.2 cm³/mol. The summed E-state index contributed by atoms with van der Waals surface area (Å²) in [6, 6.07) is 0. The summed E-state index contributed by atoms with van der Waals surface area (Å²) in [4.78, 5) is 22.1. The first kappa shape index (κ1) is 8.97. The van der Waals surface area contributed by atoms with Gasteiger partial charge in [-0.15, -0.1) is 6.58 Å². The van der Waals surface area contributed by atoms with Gasteiger partial charge in [0.2, 0.25) is 0 Å². The van der Waals surface area contributed by atoms with Gasteiger partial charge >= 0.3 is 11.9 Å².